The Balaban J connectivity index is 1.63. The quantitative estimate of drug-likeness (QED) is 0.327. The summed E-state index contributed by atoms with van der Waals surface area (Å²) in [5.41, 5.74) is 1.82. The number of hydrogen-bond donors (Lipinski definition) is 1. The summed E-state index contributed by atoms with van der Waals surface area (Å²) in [4.78, 5) is 22.4. The monoisotopic (exact) mass is 558 g/mol. The zero-order valence-electron chi connectivity index (χ0n) is 22.6. The first-order valence-electron chi connectivity index (χ1n) is 12.9. The molecule has 0 radical (unpaired) electrons. The van der Waals surface area contributed by atoms with Crippen molar-refractivity contribution in [3.05, 3.63) is 75.5 Å². The minimum atomic E-state index is -2.12. The lowest BCUT2D eigenvalue weighted by Gasteiger charge is -2.37. The topological polar surface area (TPSA) is 78.3 Å². The molecule has 0 bridgehead atoms. The van der Waals surface area contributed by atoms with E-state index in [-0.39, 0.29) is 28.3 Å². The number of anilines is 1. The fourth-order valence-electron chi connectivity index (χ4n) is 4.08. The van der Waals surface area contributed by atoms with Crippen molar-refractivity contribution in [3.63, 3.8) is 0 Å². The van der Waals surface area contributed by atoms with Gasteiger partial charge in [-0.1, -0.05) is 38.4 Å². The molecule has 3 aromatic rings. The predicted molar refractivity (Wildman–Crippen MR) is 152 cm³/mol. The molecule has 1 N–H and O–H groups in total. The van der Waals surface area contributed by atoms with Gasteiger partial charge in [0, 0.05) is 43.3 Å². The average molecular weight is 559 g/mol. The first-order valence-corrected chi connectivity index (χ1v) is 16.2. The number of nitrogens with zero attached hydrogens (tertiary/aromatic N) is 3. The van der Waals surface area contributed by atoms with E-state index in [1.165, 1.54) is 6.07 Å². The molecule has 3 heterocycles. The van der Waals surface area contributed by atoms with E-state index in [9.17, 15) is 9.18 Å². The minimum absolute atomic E-state index is 0.00375. The molecule has 7 nitrogen and oxygen atoms in total. The molecule has 2 aromatic heterocycles. The van der Waals surface area contributed by atoms with E-state index in [0.29, 0.717) is 22.8 Å². The van der Waals surface area contributed by atoms with Gasteiger partial charge >= 0.3 is 0 Å². The summed E-state index contributed by atoms with van der Waals surface area (Å²) in [6.07, 6.45) is 5.22. The number of nitrogens with one attached hydrogen (secondary N) is 1. The maximum atomic E-state index is 13.9. The normalized spacial score (nSPS) is 15.9. The summed E-state index contributed by atoms with van der Waals surface area (Å²) < 4.78 is 27.5. The van der Waals surface area contributed by atoms with E-state index in [1.807, 2.05) is 6.07 Å². The summed E-state index contributed by atoms with van der Waals surface area (Å²) in [5.74, 6) is 0.0243. The second-order valence-corrected chi connectivity index (χ2v) is 16.4. The van der Waals surface area contributed by atoms with Crippen molar-refractivity contribution in [2.24, 2.45) is 0 Å². The number of benzene rings is 1. The largest absolute Gasteiger partial charge is 0.414 e. The number of ether oxygens (including phenoxy) is 1. The summed E-state index contributed by atoms with van der Waals surface area (Å²) in [6.45, 7) is 12.5. The SMILES string of the molecule is CC(C)(C)[Si](C)(C)OCC(c1ccc(F)c(Cl)c1)n1ccc(-c2ccnc(NC3CCOCC3)n2)cc1=O. The number of rotatable bonds is 8. The lowest BCUT2D eigenvalue weighted by Crippen LogP contribution is -2.43. The Bertz CT molecular complexity index is 1320. The molecule has 1 atom stereocenters. The smallest absolute Gasteiger partial charge is 0.251 e. The van der Waals surface area contributed by atoms with Crippen LogP contribution in [0, 0.1) is 5.82 Å². The summed E-state index contributed by atoms with van der Waals surface area (Å²) in [7, 11) is -2.12. The first-order chi connectivity index (χ1) is 17.9. The molecule has 204 valence electrons. The third-order valence-electron chi connectivity index (χ3n) is 7.53. The number of pyridine rings is 1. The second-order valence-electron chi connectivity index (χ2n) is 11.2. The molecule has 0 spiro atoms. The lowest BCUT2D eigenvalue weighted by molar-refractivity contribution is 0.0903. The number of aromatic nitrogens is 3. The van der Waals surface area contributed by atoms with E-state index >= 15 is 0 Å². The molecule has 0 aliphatic carbocycles. The molecule has 10 heteroatoms. The molecule has 0 amide bonds. The number of halogens is 2. The highest BCUT2D eigenvalue weighted by molar-refractivity contribution is 6.74. The van der Waals surface area contributed by atoms with Crippen LogP contribution in [-0.4, -0.2) is 48.7 Å². The standard InChI is InChI=1S/C28H36ClFN4O3Si/c1-28(2,3)38(4,5)37-18-25(20-6-7-23(30)22(29)16-20)34-13-9-19(17-26(34)35)24-8-12-31-27(33-24)32-21-10-14-36-15-11-21/h6-9,12-13,16-17,21,25H,10-11,14-15,18H2,1-5H3,(H,31,32,33). The van der Waals surface area contributed by atoms with Crippen LogP contribution in [0.25, 0.3) is 11.3 Å². The highest BCUT2D eigenvalue weighted by Gasteiger charge is 2.38. The van der Waals surface area contributed by atoms with Crippen molar-refractivity contribution in [2.75, 3.05) is 25.1 Å². The van der Waals surface area contributed by atoms with Crippen molar-refractivity contribution in [3.8, 4) is 11.3 Å². The molecule has 1 aliphatic heterocycles. The van der Waals surface area contributed by atoms with Gasteiger partial charge < -0.3 is 19.0 Å². The number of hydrogen-bond acceptors (Lipinski definition) is 6. The van der Waals surface area contributed by atoms with Gasteiger partial charge in [-0.3, -0.25) is 4.79 Å². The van der Waals surface area contributed by atoms with Crippen molar-refractivity contribution in [1.82, 2.24) is 14.5 Å². The van der Waals surface area contributed by atoms with Crippen molar-refractivity contribution >= 4 is 25.9 Å². The fourth-order valence-corrected chi connectivity index (χ4v) is 5.28. The van der Waals surface area contributed by atoms with Crippen molar-refractivity contribution < 1.29 is 13.6 Å². The summed E-state index contributed by atoms with van der Waals surface area (Å²) >= 11 is 6.12. The van der Waals surface area contributed by atoms with Crippen LogP contribution in [-0.2, 0) is 9.16 Å². The van der Waals surface area contributed by atoms with Gasteiger partial charge in [0.15, 0.2) is 8.32 Å². The van der Waals surface area contributed by atoms with Crippen LogP contribution in [0.1, 0.15) is 45.2 Å². The van der Waals surface area contributed by atoms with E-state index in [0.717, 1.165) is 26.1 Å². The first kappa shape index (κ1) is 28.4. The molecule has 4 rings (SSSR count). The van der Waals surface area contributed by atoms with Gasteiger partial charge in [0.05, 0.1) is 23.4 Å². The Morgan fingerprint density at radius 1 is 1.21 bits per heavy atom. The Hall–Kier alpha value is -2.59. The Kier molecular flexibility index (Phi) is 8.71. The van der Waals surface area contributed by atoms with E-state index in [4.69, 9.17) is 20.8 Å². The molecule has 1 saturated heterocycles. The molecular formula is C28H36ClFN4O3Si. The fraction of sp³-hybridized carbons (Fsp3) is 0.464. The summed E-state index contributed by atoms with van der Waals surface area (Å²) in [5, 5.41) is 3.37. The zero-order chi connectivity index (χ0) is 27.5. The molecule has 0 saturated carbocycles. The average Bonchev–Trinajstić information content (AvgIpc) is 2.87. The van der Waals surface area contributed by atoms with Gasteiger partial charge in [0.2, 0.25) is 5.95 Å². The van der Waals surface area contributed by atoms with Crippen LogP contribution in [0.5, 0.6) is 0 Å². The van der Waals surface area contributed by atoms with E-state index < -0.39 is 20.2 Å². The Labute approximate surface area is 229 Å². The molecule has 1 unspecified atom stereocenters. The lowest BCUT2D eigenvalue weighted by atomic mass is 10.1. The van der Waals surface area contributed by atoms with Gasteiger partial charge in [-0.05, 0) is 60.8 Å². The van der Waals surface area contributed by atoms with Crippen LogP contribution in [0.4, 0.5) is 10.3 Å². The Morgan fingerprint density at radius 3 is 2.61 bits per heavy atom. The molecule has 38 heavy (non-hydrogen) atoms. The van der Waals surface area contributed by atoms with Gasteiger partial charge in [-0.2, -0.15) is 0 Å². The van der Waals surface area contributed by atoms with E-state index in [2.05, 4.69) is 49.1 Å². The predicted octanol–water partition coefficient (Wildman–Crippen LogP) is 6.30. The third kappa shape index (κ3) is 6.69. The van der Waals surface area contributed by atoms with Crippen LogP contribution in [0.3, 0.4) is 0 Å². The van der Waals surface area contributed by atoms with Gasteiger partial charge in [0.25, 0.3) is 5.56 Å². The Morgan fingerprint density at radius 2 is 1.95 bits per heavy atom. The highest BCUT2D eigenvalue weighted by atomic mass is 35.5. The minimum Gasteiger partial charge on any atom is -0.414 e. The summed E-state index contributed by atoms with van der Waals surface area (Å²) in [6, 6.07) is 9.53. The van der Waals surface area contributed by atoms with Crippen LogP contribution >= 0.6 is 11.6 Å². The molecular weight excluding hydrogens is 523 g/mol. The van der Waals surface area contributed by atoms with E-state index in [1.54, 1.807) is 41.2 Å². The maximum absolute atomic E-state index is 13.9. The third-order valence-corrected chi connectivity index (χ3v) is 12.3. The van der Waals surface area contributed by atoms with Crippen LogP contribution in [0.15, 0.2) is 53.6 Å². The highest BCUT2D eigenvalue weighted by Crippen LogP contribution is 2.37. The van der Waals surface area contributed by atoms with Crippen molar-refractivity contribution in [2.45, 2.75) is 63.8 Å². The van der Waals surface area contributed by atoms with Gasteiger partial charge in [0.1, 0.15) is 5.82 Å². The van der Waals surface area contributed by atoms with Gasteiger partial charge in [-0.15, -0.1) is 0 Å². The zero-order valence-corrected chi connectivity index (χ0v) is 24.4. The van der Waals surface area contributed by atoms with Gasteiger partial charge in [-0.25, -0.2) is 14.4 Å². The molecule has 1 aliphatic rings. The van der Waals surface area contributed by atoms with Crippen molar-refractivity contribution in [1.29, 1.82) is 0 Å². The van der Waals surface area contributed by atoms with Crippen LogP contribution in [0.2, 0.25) is 23.2 Å². The molecule has 1 aromatic carbocycles. The van der Waals surface area contributed by atoms with Crippen LogP contribution < -0.4 is 10.9 Å². The maximum Gasteiger partial charge on any atom is 0.251 e. The molecule has 1 fully saturated rings. The second kappa shape index (κ2) is 11.7.